The van der Waals surface area contributed by atoms with Gasteiger partial charge in [0.25, 0.3) is 6.43 Å². The summed E-state index contributed by atoms with van der Waals surface area (Å²) in [6.45, 7) is 1.43. The molecule has 0 bridgehead atoms. The molecule has 1 saturated carbocycles. The Morgan fingerprint density at radius 2 is 1.90 bits per heavy atom. The summed E-state index contributed by atoms with van der Waals surface area (Å²) in [7, 11) is 0. The topological polar surface area (TPSA) is 15.3 Å². The molecule has 1 spiro atoms. The number of piperazine rings is 1. The fraction of sp³-hybridized carbons (Fsp3) is 0.625. The highest BCUT2D eigenvalue weighted by Crippen LogP contribution is 2.39. The normalized spacial score (nSPS) is 26.4. The average Bonchev–Trinajstić information content (AvgIpc) is 2.91. The first-order valence-corrected chi connectivity index (χ1v) is 7.51. The van der Waals surface area contributed by atoms with Crippen molar-refractivity contribution in [3.05, 3.63) is 35.9 Å². The van der Waals surface area contributed by atoms with E-state index in [-0.39, 0.29) is 18.1 Å². The Kier molecular flexibility index (Phi) is 4.03. The van der Waals surface area contributed by atoms with E-state index >= 15 is 0 Å². The van der Waals surface area contributed by atoms with Gasteiger partial charge in [-0.1, -0.05) is 43.2 Å². The van der Waals surface area contributed by atoms with Gasteiger partial charge in [0.05, 0.1) is 6.54 Å². The van der Waals surface area contributed by atoms with E-state index < -0.39 is 6.43 Å². The molecular formula is C16H22F2N2. The van der Waals surface area contributed by atoms with E-state index in [0.29, 0.717) is 6.54 Å². The summed E-state index contributed by atoms with van der Waals surface area (Å²) >= 11 is 0. The van der Waals surface area contributed by atoms with Gasteiger partial charge in [-0.2, -0.15) is 0 Å². The van der Waals surface area contributed by atoms with Crippen LogP contribution < -0.4 is 5.32 Å². The quantitative estimate of drug-likeness (QED) is 0.914. The summed E-state index contributed by atoms with van der Waals surface area (Å²) in [5, 5.41) is 3.58. The molecule has 1 aliphatic heterocycles. The molecule has 0 aromatic heterocycles. The van der Waals surface area contributed by atoms with Crippen LogP contribution in [-0.4, -0.2) is 36.5 Å². The van der Waals surface area contributed by atoms with Gasteiger partial charge < -0.3 is 5.32 Å². The predicted molar refractivity (Wildman–Crippen MR) is 76.0 cm³/mol. The van der Waals surface area contributed by atoms with E-state index in [0.717, 1.165) is 32.2 Å². The largest absolute Gasteiger partial charge is 0.307 e. The molecule has 2 nitrogen and oxygen atoms in total. The Morgan fingerprint density at radius 1 is 1.20 bits per heavy atom. The van der Waals surface area contributed by atoms with Crippen molar-refractivity contribution >= 4 is 0 Å². The molecule has 20 heavy (non-hydrogen) atoms. The molecule has 110 valence electrons. The van der Waals surface area contributed by atoms with E-state index in [4.69, 9.17) is 0 Å². The van der Waals surface area contributed by atoms with Crippen molar-refractivity contribution in [3.8, 4) is 0 Å². The van der Waals surface area contributed by atoms with Crippen LogP contribution in [0.2, 0.25) is 0 Å². The van der Waals surface area contributed by atoms with Crippen LogP contribution in [-0.2, 0) is 0 Å². The molecule has 1 aliphatic carbocycles. The molecule has 1 saturated heterocycles. The lowest BCUT2D eigenvalue weighted by molar-refractivity contribution is -0.00779. The van der Waals surface area contributed by atoms with E-state index in [2.05, 4.69) is 22.3 Å². The summed E-state index contributed by atoms with van der Waals surface area (Å²) < 4.78 is 25.8. The molecular weight excluding hydrogens is 258 g/mol. The van der Waals surface area contributed by atoms with Crippen LogP contribution in [0.4, 0.5) is 8.78 Å². The molecule has 2 aliphatic rings. The molecule has 2 fully saturated rings. The van der Waals surface area contributed by atoms with E-state index in [9.17, 15) is 8.78 Å². The minimum absolute atomic E-state index is 0.0261. The molecule has 0 amide bonds. The maximum absolute atomic E-state index is 12.9. The lowest BCUT2D eigenvalue weighted by Gasteiger charge is -2.48. The second-order valence-corrected chi connectivity index (χ2v) is 6.07. The van der Waals surface area contributed by atoms with Crippen molar-refractivity contribution in [1.82, 2.24) is 10.2 Å². The molecule has 1 aromatic carbocycles. The summed E-state index contributed by atoms with van der Waals surface area (Å²) in [6.07, 6.45) is 2.18. The molecule has 1 unspecified atom stereocenters. The van der Waals surface area contributed by atoms with Crippen LogP contribution in [0, 0.1) is 0 Å². The smallest absolute Gasteiger partial charge is 0.251 e. The number of rotatable bonds is 3. The monoisotopic (exact) mass is 280 g/mol. The number of hydrogen-bond donors (Lipinski definition) is 1. The molecule has 4 heteroatoms. The van der Waals surface area contributed by atoms with Gasteiger partial charge in [-0.3, -0.25) is 4.90 Å². The van der Waals surface area contributed by atoms with Gasteiger partial charge in [-0.05, 0) is 18.4 Å². The standard InChI is InChI=1S/C16H22F2N2/c17-15(18)11-20-10-14(13-6-2-1-3-7-13)19-12-16(20)8-4-5-9-16/h1-3,6-7,14-15,19H,4-5,8-12H2. The zero-order valence-corrected chi connectivity index (χ0v) is 11.7. The zero-order chi connectivity index (χ0) is 14.0. The Morgan fingerprint density at radius 3 is 2.55 bits per heavy atom. The Bertz CT molecular complexity index is 429. The Labute approximate surface area is 119 Å². The molecule has 1 aromatic rings. The highest BCUT2D eigenvalue weighted by atomic mass is 19.3. The average molecular weight is 280 g/mol. The number of nitrogens with one attached hydrogen (secondary N) is 1. The third-order valence-corrected chi connectivity index (χ3v) is 4.85. The van der Waals surface area contributed by atoms with Gasteiger partial charge in [0, 0.05) is 24.7 Å². The van der Waals surface area contributed by atoms with Gasteiger partial charge >= 0.3 is 0 Å². The Balaban J connectivity index is 1.77. The molecule has 3 rings (SSSR count). The number of halogens is 2. The van der Waals surface area contributed by atoms with E-state index in [1.807, 2.05) is 18.2 Å². The van der Waals surface area contributed by atoms with Crippen LogP contribution in [0.3, 0.4) is 0 Å². The third-order valence-electron chi connectivity index (χ3n) is 4.85. The van der Waals surface area contributed by atoms with Crippen molar-refractivity contribution in [3.63, 3.8) is 0 Å². The van der Waals surface area contributed by atoms with Crippen molar-refractivity contribution < 1.29 is 8.78 Å². The first kappa shape index (κ1) is 14.0. The van der Waals surface area contributed by atoms with Crippen molar-refractivity contribution in [2.45, 2.75) is 43.7 Å². The maximum Gasteiger partial charge on any atom is 0.251 e. The summed E-state index contributed by atoms with van der Waals surface area (Å²) in [4.78, 5) is 2.05. The summed E-state index contributed by atoms with van der Waals surface area (Å²) in [5.74, 6) is 0. The lowest BCUT2D eigenvalue weighted by atomic mass is 9.89. The number of alkyl halides is 2. The van der Waals surface area contributed by atoms with Crippen LogP contribution in [0.5, 0.6) is 0 Å². The van der Waals surface area contributed by atoms with Crippen molar-refractivity contribution in [2.24, 2.45) is 0 Å². The van der Waals surface area contributed by atoms with E-state index in [1.54, 1.807) is 0 Å². The summed E-state index contributed by atoms with van der Waals surface area (Å²) in [6, 6.07) is 10.3. The molecule has 1 heterocycles. The maximum atomic E-state index is 12.9. The number of benzene rings is 1. The first-order valence-electron chi connectivity index (χ1n) is 7.51. The van der Waals surface area contributed by atoms with Gasteiger partial charge in [0.1, 0.15) is 0 Å². The first-order chi connectivity index (χ1) is 9.70. The van der Waals surface area contributed by atoms with E-state index in [1.165, 1.54) is 5.56 Å². The van der Waals surface area contributed by atoms with Gasteiger partial charge in [0.2, 0.25) is 0 Å². The van der Waals surface area contributed by atoms with Crippen LogP contribution in [0.15, 0.2) is 30.3 Å². The van der Waals surface area contributed by atoms with Crippen LogP contribution in [0.25, 0.3) is 0 Å². The molecule has 1 atom stereocenters. The molecule has 1 N–H and O–H groups in total. The number of nitrogens with zero attached hydrogens (tertiary/aromatic N) is 1. The predicted octanol–water partition coefficient (Wildman–Crippen LogP) is 3.21. The minimum atomic E-state index is -2.25. The second-order valence-electron chi connectivity index (χ2n) is 6.07. The highest BCUT2D eigenvalue weighted by Gasteiger charge is 2.44. The number of hydrogen-bond acceptors (Lipinski definition) is 2. The van der Waals surface area contributed by atoms with Crippen LogP contribution >= 0.6 is 0 Å². The molecule has 0 radical (unpaired) electrons. The zero-order valence-electron chi connectivity index (χ0n) is 11.7. The fourth-order valence-electron chi connectivity index (χ4n) is 3.77. The third kappa shape index (κ3) is 2.72. The minimum Gasteiger partial charge on any atom is -0.307 e. The Hall–Kier alpha value is -1.00. The van der Waals surface area contributed by atoms with Crippen molar-refractivity contribution in [2.75, 3.05) is 19.6 Å². The lowest BCUT2D eigenvalue weighted by Crippen LogP contribution is -2.61. The highest BCUT2D eigenvalue weighted by molar-refractivity contribution is 5.21. The SMILES string of the molecule is FC(F)CN1CC(c2ccccc2)NCC12CCCC2. The van der Waals surface area contributed by atoms with Crippen LogP contribution in [0.1, 0.15) is 37.3 Å². The fourth-order valence-corrected chi connectivity index (χ4v) is 3.77. The van der Waals surface area contributed by atoms with Gasteiger partial charge in [0.15, 0.2) is 0 Å². The van der Waals surface area contributed by atoms with Crippen molar-refractivity contribution in [1.29, 1.82) is 0 Å². The summed E-state index contributed by atoms with van der Waals surface area (Å²) in [5.41, 5.74) is 1.17. The van der Waals surface area contributed by atoms with Gasteiger partial charge in [-0.25, -0.2) is 8.78 Å². The van der Waals surface area contributed by atoms with Gasteiger partial charge in [-0.15, -0.1) is 0 Å². The second kappa shape index (κ2) is 5.78.